The zero-order chi connectivity index (χ0) is 8.43. The molecule has 2 nitrogen and oxygen atoms in total. The molecule has 0 saturated carbocycles. The second-order valence-electron chi connectivity index (χ2n) is 2.63. The van der Waals surface area contributed by atoms with Crippen molar-refractivity contribution in [3.63, 3.8) is 0 Å². The zero-order valence-electron chi connectivity index (χ0n) is 6.71. The van der Waals surface area contributed by atoms with Gasteiger partial charge in [0.1, 0.15) is 5.15 Å². The molecule has 0 amide bonds. The monoisotopic (exact) mass is 170 g/mol. The summed E-state index contributed by atoms with van der Waals surface area (Å²) in [5.74, 6) is 0. The van der Waals surface area contributed by atoms with Gasteiger partial charge in [-0.1, -0.05) is 18.2 Å². The lowest BCUT2D eigenvalue weighted by atomic mass is 10.4. The molecule has 0 unspecified atom stereocenters. The SMILES string of the molecule is C=Cc1cc(Cl)n(C(C)C)n1. The van der Waals surface area contributed by atoms with Crippen LogP contribution in [-0.4, -0.2) is 9.78 Å². The third-order valence-corrected chi connectivity index (χ3v) is 1.69. The van der Waals surface area contributed by atoms with Crippen LogP contribution in [0.4, 0.5) is 0 Å². The second-order valence-corrected chi connectivity index (χ2v) is 3.02. The highest BCUT2D eigenvalue weighted by Crippen LogP contribution is 2.16. The van der Waals surface area contributed by atoms with Crippen molar-refractivity contribution >= 4 is 17.7 Å². The van der Waals surface area contributed by atoms with Crippen LogP contribution in [0.15, 0.2) is 12.6 Å². The average molecular weight is 171 g/mol. The van der Waals surface area contributed by atoms with Crippen molar-refractivity contribution < 1.29 is 0 Å². The van der Waals surface area contributed by atoms with Gasteiger partial charge in [-0.05, 0) is 19.9 Å². The fourth-order valence-electron chi connectivity index (χ4n) is 0.851. The molecule has 0 saturated heterocycles. The van der Waals surface area contributed by atoms with Crippen LogP contribution in [0.2, 0.25) is 5.15 Å². The Bertz CT molecular complexity index is 263. The molecule has 1 aromatic heterocycles. The third-order valence-electron chi connectivity index (χ3n) is 1.41. The van der Waals surface area contributed by atoms with E-state index in [1.54, 1.807) is 16.8 Å². The van der Waals surface area contributed by atoms with Crippen molar-refractivity contribution in [2.24, 2.45) is 0 Å². The van der Waals surface area contributed by atoms with Crippen LogP contribution < -0.4 is 0 Å². The largest absolute Gasteiger partial charge is 0.251 e. The summed E-state index contributed by atoms with van der Waals surface area (Å²) in [7, 11) is 0. The van der Waals surface area contributed by atoms with E-state index in [4.69, 9.17) is 11.6 Å². The summed E-state index contributed by atoms with van der Waals surface area (Å²) in [5.41, 5.74) is 0.823. The van der Waals surface area contributed by atoms with E-state index in [9.17, 15) is 0 Å². The number of nitrogens with zero attached hydrogens (tertiary/aromatic N) is 2. The van der Waals surface area contributed by atoms with Crippen LogP contribution in [-0.2, 0) is 0 Å². The van der Waals surface area contributed by atoms with Crippen LogP contribution in [0, 0.1) is 0 Å². The second kappa shape index (κ2) is 3.09. The van der Waals surface area contributed by atoms with Crippen molar-refractivity contribution in [1.29, 1.82) is 0 Å². The number of hydrogen-bond donors (Lipinski definition) is 0. The van der Waals surface area contributed by atoms with Gasteiger partial charge in [0.05, 0.1) is 5.69 Å². The van der Waals surface area contributed by atoms with Gasteiger partial charge in [0.25, 0.3) is 0 Å². The van der Waals surface area contributed by atoms with Crippen molar-refractivity contribution in [1.82, 2.24) is 9.78 Å². The van der Waals surface area contributed by atoms with Gasteiger partial charge >= 0.3 is 0 Å². The highest BCUT2D eigenvalue weighted by atomic mass is 35.5. The van der Waals surface area contributed by atoms with Crippen LogP contribution in [0.5, 0.6) is 0 Å². The van der Waals surface area contributed by atoms with Crippen LogP contribution in [0.1, 0.15) is 25.6 Å². The molecule has 0 aliphatic rings. The van der Waals surface area contributed by atoms with Gasteiger partial charge in [0.2, 0.25) is 0 Å². The maximum Gasteiger partial charge on any atom is 0.127 e. The van der Waals surface area contributed by atoms with Gasteiger partial charge < -0.3 is 0 Å². The molecule has 1 aromatic rings. The molecular weight excluding hydrogens is 160 g/mol. The maximum atomic E-state index is 5.87. The molecule has 0 fully saturated rings. The van der Waals surface area contributed by atoms with Gasteiger partial charge in [-0.3, -0.25) is 4.68 Å². The van der Waals surface area contributed by atoms with E-state index in [-0.39, 0.29) is 0 Å². The van der Waals surface area contributed by atoms with Gasteiger partial charge in [-0.2, -0.15) is 5.10 Å². The highest BCUT2D eigenvalue weighted by Gasteiger charge is 2.05. The summed E-state index contributed by atoms with van der Waals surface area (Å²) in [6.45, 7) is 7.68. The van der Waals surface area contributed by atoms with Crippen LogP contribution >= 0.6 is 11.6 Å². The maximum absolute atomic E-state index is 5.87. The first-order valence-electron chi connectivity index (χ1n) is 3.52. The number of rotatable bonds is 2. The van der Waals surface area contributed by atoms with E-state index in [0.717, 1.165) is 5.69 Å². The minimum atomic E-state index is 0.302. The van der Waals surface area contributed by atoms with E-state index >= 15 is 0 Å². The molecular formula is C8H11ClN2. The molecule has 11 heavy (non-hydrogen) atoms. The first kappa shape index (κ1) is 8.34. The molecule has 0 atom stereocenters. The molecule has 0 N–H and O–H groups in total. The van der Waals surface area contributed by atoms with E-state index in [1.165, 1.54) is 0 Å². The first-order chi connectivity index (χ1) is 5.15. The van der Waals surface area contributed by atoms with E-state index in [2.05, 4.69) is 11.7 Å². The highest BCUT2D eigenvalue weighted by molar-refractivity contribution is 6.29. The standard InChI is InChI=1S/C8H11ClN2/c1-4-7-5-8(9)11(10-7)6(2)3/h4-6H,1H2,2-3H3. The molecule has 0 aliphatic carbocycles. The predicted octanol–water partition coefficient (Wildman–Crippen LogP) is 2.76. The Morgan fingerprint density at radius 3 is 2.64 bits per heavy atom. The van der Waals surface area contributed by atoms with Gasteiger partial charge in [-0.25, -0.2) is 0 Å². The Morgan fingerprint density at radius 2 is 2.36 bits per heavy atom. The van der Waals surface area contributed by atoms with Crippen LogP contribution in [0.3, 0.4) is 0 Å². The Morgan fingerprint density at radius 1 is 1.73 bits per heavy atom. The molecule has 1 rings (SSSR count). The van der Waals surface area contributed by atoms with E-state index in [0.29, 0.717) is 11.2 Å². The predicted molar refractivity (Wildman–Crippen MR) is 47.7 cm³/mol. The Hall–Kier alpha value is -0.760. The molecule has 1 heterocycles. The normalized spacial score (nSPS) is 10.5. The Balaban J connectivity index is 3.06. The number of aromatic nitrogens is 2. The molecule has 60 valence electrons. The summed E-state index contributed by atoms with van der Waals surface area (Å²) >= 11 is 5.87. The van der Waals surface area contributed by atoms with E-state index < -0.39 is 0 Å². The summed E-state index contributed by atoms with van der Waals surface area (Å²) in [4.78, 5) is 0. The lowest BCUT2D eigenvalue weighted by Crippen LogP contribution is -2.02. The molecule has 0 aliphatic heterocycles. The van der Waals surface area contributed by atoms with Gasteiger partial charge in [0, 0.05) is 12.1 Å². The summed E-state index contributed by atoms with van der Waals surface area (Å²) < 4.78 is 1.76. The van der Waals surface area contributed by atoms with Crippen molar-refractivity contribution in [3.05, 3.63) is 23.5 Å². The number of hydrogen-bond acceptors (Lipinski definition) is 1. The molecule has 0 bridgehead atoms. The van der Waals surface area contributed by atoms with Gasteiger partial charge in [-0.15, -0.1) is 0 Å². The average Bonchev–Trinajstić information content (AvgIpc) is 2.30. The molecule has 3 heteroatoms. The fourth-order valence-corrected chi connectivity index (χ4v) is 1.20. The third kappa shape index (κ3) is 1.63. The lowest BCUT2D eigenvalue weighted by molar-refractivity contribution is 0.532. The molecule has 0 aromatic carbocycles. The lowest BCUT2D eigenvalue weighted by Gasteiger charge is -2.05. The van der Waals surface area contributed by atoms with Crippen molar-refractivity contribution in [2.45, 2.75) is 19.9 Å². The summed E-state index contributed by atoms with van der Waals surface area (Å²) in [6, 6.07) is 2.10. The molecule has 0 spiro atoms. The van der Waals surface area contributed by atoms with Crippen LogP contribution in [0.25, 0.3) is 6.08 Å². The topological polar surface area (TPSA) is 17.8 Å². The Labute approximate surface area is 71.5 Å². The summed E-state index contributed by atoms with van der Waals surface area (Å²) in [6.07, 6.45) is 1.69. The quantitative estimate of drug-likeness (QED) is 0.668. The summed E-state index contributed by atoms with van der Waals surface area (Å²) in [5, 5.41) is 4.86. The minimum absolute atomic E-state index is 0.302. The molecule has 0 radical (unpaired) electrons. The Kier molecular flexibility index (Phi) is 2.35. The smallest absolute Gasteiger partial charge is 0.127 e. The van der Waals surface area contributed by atoms with Crippen molar-refractivity contribution in [3.8, 4) is 0 Å². The van der Waals surface area contributed by atoms with E-state index in [1.807, 2.05) is 13.8 Å². The van der Waals surface area contributed by atoms with Gasteiger partial charge in [0.15, 0.2) is 0 Å². The zero-order valence-corrected chi connectivity index (χ0v) is 7.47. The number of halogens is 1. The minimum Gasteiger partial charge on any atom is -0.251 e. The fraction of sp³-hybridized carbons (Fsp3) is 0.375. The first-order valence-corrected chi connectivity index (χ1v) is 3.90. The van der Waals surface area contributed by atoms with Crippen molar-refractivity contribution in [2.75, 3.05) is 0 Å².